The normalized spacial score (nSPS) is 154. The maximum absolute atomic E-state index is 7.36. The first-order valence-corrected chi connectivity index (χ1v) is 24.9. The Kier molecular flexibility index (Phi) is 0.205. The first-order valence-electron chi connectivity index (χ1n) is 12.3. The molecule has 0 saturated carbocycles. The molecule has 2 spiro atoms. The Morgan fingerprint density at radius 2 is 0.885 bits per heavy atom. The van der Waals surface area contributed by atoms with E-state index in [4.69, 9.17) is 4.74 Å². The SMILES string of the molecule is CCOC([C]12[CH]3[CH]4[CH]5[CH]1[Fe]45321678[CH]2[CH]1[CH]6[CH]7[CH]28)[C]12[CH]3[CH]4[CH]5[CH]1[Fe]45321678[CH]2[CH]1[CH]6[CH]7[CH]28. The van der Waals surface area contributed by atoms with Gasteiger partial charge in [0.25, 0.3) is 0 Å². The van der Waals surface area contributed by atoms with Gasteiger partial charge in [0, 0.05) is 0 Å². The molecule has 20 saturated heterocycles. The summed E-state index contributed by atoms with van der Waals surface area (Å²) >= 11 is 0. The van der Waals surface area contributed by atoms with Gasteiger partial charge in [0.2, 0.25) is 0 Å². The zero-order valence-electron chi connectivity index (χ0n) is 14.8. The molecule has 20 aliphatic rings. The minimum absolute atomic E-state index is 1.00. The number of hydrogen-bond acceptors (Lipinski definition) is 1. The van der Waals surface area contributed by atoms with Crippen LogP contribution in [-0.2, 0) is 17.8 Å². The molecule has 0 aromatic rings. The molecule has 20 heterocycles. The topological polar surface area (TPSA) is 9.23 Å². The summed E-state index contributed by atoms with van der Waals surface area (Å²) in [5, 5.41) is 0. The van der Waals surface area contributed by atoms with Gasteiger partial charge in [-0.3, -0.25) is 0 Å². The molecular weight excluding hydrogens is 404 g/mol. The molecule has 8 unspecified atom stereocenters. The van der Waals surface area contributed by atoms with Crippen LogP contribution in [0.25, 0.3) is 0 Å². The first kappa shape index (κ1) is 8.63. The van der Waals surface area contributed by atoms with Crippen molar-refractivity contribution in [1.82, 2.24) is 0 Å². The molecule has 0 aliphatic carbocycles. The molecule has 20 rings (SSSR count). The monoisotopic (exact) mass is 428 g/mol. The van der Waals surface area contributed by atoms with Gasteiger partial charge in [-0.05, 0) is 0 Å². The molecule has 0 N–H and O–H groups in total. The van der Waals surface area contributed by atoms with Gasteiger partial charge in [-0.25, -0.2) is 0 Å². The van der Waals surface area contributed by atoms with E-state index in [-0.39, 0.29) is 0 Å². The summed E-state index contributed by atoms with van der Waals surface area (Å²) in [4.78, 5) is 27.4. The van der Waals surface area contributed by atoms with Crippen molar-refractivity contribution in [2.45, 2.75) is 108 Å². The third kappa shape index (κ3) is 0.0737. The summed E-state index contributed by atoms with van der Waals surface area (Å²) in [6.07, 6.45) is 1.00. The summed E-state index contributed by atoms with van der Waals surface area (Å²) in [6, 6.07) is 0. The molecule has 8 atom stereocenters. The fourth-order valence-corrected chi connectivity index (χ4v) is 185. The van der Waals surface area contributed by atoms with E-state index in [9.17, 15) is 0 Å². The fourth-order valence-electron chi connectivity index (χ4n) is 34.9. The van der Waals surface area contributed by atoms with Crippen molar-refractivity contribution in [3.05, 3.63) is 0 Å². The van der Waals surface area contributed by atoms with Crippen molar-refractivity contribution < 1.29 is 17.8 Å². The Morgan fingerprint density at radius 3 is 1.04 bits per heavy atom. The van der Waals surface area contributed by atoms with Crippen molar-refractivity contribution in [1.29, 1.82) is 0 Å². The number of hydrogen-bond donors (Lipinski definition) is 0. The zero-order chi connectivity index (χ0) is 15.0. The van der Waals surface area contributed by atoms with Crippen LogP contribution in [0.15, 0.2) is 0 Å². The predicted octanol–water partition coefficient (Wildman–Crippen LogP) is 6.91. The van der Waals surface area contributed by atoms with Crippen molar-refractivity contribution in [3.8, 4) is 0 Å². The van der Waals surface area contributed by atoms with E-state index in [2.05, 4.69) is 6.92 Å². The third-order valence-corrected chi connectivity index (χ3v) is 116. The summed E-state index contributed by atoms with van der Waals surface area (Å²) in [5.74, 6) is 0. The second-order valence-electron chi connectivity index (χ2n) is 20.3. The van der Waals surface area contributed by atoms with Crippen LogP contribution < -0.4 is 0 Å². The molecule has 20 aliphatic heterocycles. The van der Waals surface area contributed by atoms with Gasteiger partial charge >= 0.3 is 133 Å². The second kappa shape index (κ2) is 0.619. The van der Waals surface area contributed by atoms with Crippen LogP contribution in [0.5, 0.6) is 0 Å². The van der Waals surface area contributed by atoms with E-state index >= 15 is 0 Å². The van der Waals surface area contributed by atoms with Gasteiger partial charge in [0.05, 0.1) is 0 Å². The van der Waals surface area contributed by atoms with Gasteiger partial charge < -0.3 is 0 Å². The van der Waals surface area contributed by atoms with E-state index < -0.39 is 13.0 Å². The minimum atomic E-state index is -3.02. The average molecular weight is 428 g/mol. The van der Waals surface area contributed by atoms with Crippen LogP contribution >= 0.6 is 0 Å². The van der Waals surface area contributed by atoms with Gasteiger partial charge in [0.1, 0.15) is 0 Å². The Bertz CT molecular complexity index is 1750. The Balaban J connectivity index is 1.15. The molecule has 0 radical (unpaired) electrons. The predicted molar refractivity (Wildman–Crippen MR) is 88.3 cm³/mol. The molecule has 3 heteroatoms. The van der Waals surface area contributed by atoms with Gasteiger partial charge in [-0.1, -0.05) is 0 Å². The van der Waals surface area contributed by atoms with Crippen LogP contribution in [0, 0.1) is 0 Å². The first-order chi connectivity index (χ1) is 12.3. The van der Waals surface area contributed by atoms with E-state index in [0.29, 0.717) is 0 Å². The van der Waals surface area contributed by atoms with Crippen molar-refractivity contribution in [2.24, 2.45) is 0 Å². The molecule has 138 valence electrons. The summed E-state index contributed by atoms with van der Waals surface area (Å²) < 4.78 is 9.54. The van der Waals surface area contributed by atoms with Gasteiger partial charge in [-0.15, -0.1) is 0 Å². The standard InChI is InChI=1S/C13H14O.2C5H5.2Fe/c1-2-14-13(11-7-3-4-8-11)12-9-5-6-10-12;2*1-2-4-5-3-1;;/h3-10,13H,2H2,1H3;2*1-5H;;. The van der Waals surface area contributed by atoms with Crippen LogP contribution in [0.3, 0.4) is 0 Å². The molecule has 1 nitrogen and oxygen atoms in total. The van der Waals surface area contributed by atoms with Gasteiger partial charge in [0.15, 0.2) is 0 Å². The fraction of sp³-hybridized carbons (Fsp3) is 1.00. The summed E-state index contributed by atoms with van der Waals surface area (Å²) in [5.41, 5.74) is 0. The van der Waals surface area contributed by atoms with Crippen molar-refractivity contribution in [3.63, 3.8) is 0 Å². The molecule has 0 aromatic carbocycles. The van der Waals surface area contributed by atoms with Crippen molar-refractivity contribution in [2.75, 3.05) is 6.61 Å². The van der Waals surface area contributed by atoms with Crippen LogP contribution in [0.4, 0.5) is 0 Å². The quantitative estimate of drug-likeness (QED) is 0.443. The van der Waals surface area contributed by atoms with E-state index in [1.54, 1.807) is 0 Å². The zero-order valence-corrected chi connectivity index (χ0v) is 17.0. The molecule has 26 heavy (non-hydrogen) atoms. The Labute approximate surface area is 132 Å². The average Bonchev–Trinajstić information content (AvgIpc) is 3.54. The Morgan fingerprint density at radius 1 is 0.577 bits per heavy atom. The van der Waals surface area contributed by atoms with Crippen molar-refractivity contribution >= 4 is 0 Å². The van der Waals surface area contributed by atoms with E-state index in [1.165, 1.54) is 86.7 Å². The molecular formula is C23H24Fe2O. The molecule has 20 fully saturated rings. The molecule has 0 aromatic heterocycles. The second-order valence-corrected chi connectivity index (χ2v) is 67.5. The van der Waals surface area contributed by atoms with Crippen LogP contribution in [-0.4, -0.2) is 12.7 Å². The molecule has 0 amide bonds. The van der Waals surface area contributed by atoms with E-state index in [1.807, 2.05) is 0 Å². The molecule has 0 bridgehead atoms. The number of ether oxygens (including phenoxy) is 1. The van der Waals surface area contributed by atoms with E-state index in [0.717, 1.165) is 21.3 Å². The third-order valence-electron chi connectivity index (χ3n) is 30.7. The number of rotatable bonds is 4. The summed E-state index contributed by atoms with van der Waals surface area (Å²) in [6.45, 7) is -2.50. The maximum atomic E-state index is 7.36. The Hall–Kier alpha value is 0.999. The van der Waals surface area contributed by atoms with Crippen LogP contribution in [0.2, 0.25) is 95.3 Å². The number of fused-ring (bicyclic) bond motifs is 20. The summed E-state index contributed by atoms with van der Waals surface area (Å²) in [7, 11) is 0. The van der Waals surface area contributed by atoms with Crippen LogP contribution in [0.1, 0.15) is 6.92 Å². The van der Waals surface area contributed by atoms with Gasteiger partial charge in [-0.2, -0.15) is 0 Å².